The van der Waals surface area contributed by atoms with Crippen molar-refractivity contribution in [3.63, 3.8) is 0 Å². The average molecular weight is 653 g/mol. The minimum atomic E-state index is -1.15. The van der Waals surface area contributed by atoms with Gasteiger partial charge in [0.15, 0.2) is 0 Å². The molecule has 270 valence electrons. The van der Waals surface area contributed by atoms with E-state index in [9.17, 15) is 24.3 Å². The van der Waals surface area contributed by atoms with Gasteiger partial charge in [0.1, 0.15) is 12.1 Å². The van der Waals surface area contributed by atoms with Gasteiger partial charge in [-0.15, -0.1) is 0 Å². The molecular formula is C37H72N4O5. The molecule has 0 aromatic rings. The topological polar surface area (TPSA) is 137 Å². The molecule has 3 amide bonds. The summed E-state index contributed by atoms with van der Waals surface area (Å²) in [5.41, 5.74) is 0. The number of carboxylic acids is 1. The fourth-order valence-corrected chi connectivity index (χ4v) is 5.51. The van der Waals surface area contributed by atoms with Crippen LogP contribution in [0.2, 0.25) is 0 Å². The largest absolute Gasteiger partial charge is 0.480 e. The average Bonchev–Trinajstić information content (AvgIpc) is 3.00. The van der Waals surface area contributed by atoms with Crippen LogP contribution >= 0.6 is 0 Å². The zero-order chi connectivity index (χ0) is 34.4. The van der Waals surface area contributed by atoms with Crippen LogP contribution in [0.15, 0.2) is 0 Å². The number of hydrogen-bond donors (Lipinski definition) is 5. The van der Waals surface area contributed by atoms with E-state index in [1.165, 1.54) is 64.2 Å². The molecule has 2 atom stereocenters. The number of carbonyl (C=O) groups is 4. The van der Waals surface area contributed by atoms with Crippen molar-refractivity contribution in [1.29, 1.82) is 0 Å². The van der Waals surface area contributed by atoms with E-state index in [0.717, 1.165) is 57.9 Å². The van der Waals surface area contributed by atoms with Gasteiger partial charge in [-0.2, -0.15) is 0 Å². The second-order valence-corrected chi connectivity index (χ2v) is 13.9. The Morgan fingerprint density at radius 1 is 0.543 bits per heavy atom. The Bertz CT molecular complexity index is 790. The Balaban J connectivity index is 4.44. The van der Waals surface area contributed by atoms with Gasteiger partial charge in [-0.25, -0.2) is 4.79 Å². The summed E-state index contributed by atoms with van der Waals surface area (Å²) in [5, 5.41) is 21.4. The molecule has 0 unspecified atom stereocenters. The molecule has 0 bridgehead atoms. The van der Waals surface area contributed by atoms with Gasteiger partial charge in [0.05, 0.1) is 0 Å². The number of rotatable bonds is 32. The molecule has 0 aromatic carbocycles. The summed E-state index contributed by atoms with van der Waals surface area (Å²) in [4.78, 5) is 50.0. The highest BCUT2D eigenvalue weighted by atomic mass is 16.4. The number of nitrogens with one attached hydrogen (secondary N) is 4. The lowest BCUT2D eigenvalue weighted by Gasteiger charge is -2.20. The highest BCUT2D eigenvalue weighted by Crippen LogP contribution is 2.13. The van der Waals surface area contributed by atoms with Crippen molar-refractivity contribution >= 4 is 23.7 Å². The molecule has 0 spiro atoms. The maximum Gasteiger partial charge on any atom is 0.326 e. The molecule has 46 heavy (non-hydrogen) atoms. The van der Waals surface area contributed by atoms with Crippen LogP contribution in [-0.4, -0.2) is 60.0 Å². The van der Waals surface area contributed by atoms with Gasteiger partial charge >= 0.3 is 5.97 Å². The summed E-state index contributed by atoms with van der Waals surface area (Å²) < 4.78 is 0. The maximum absolute atomic E-state index is 12.9. The first-order chi connectivity index (χ1) is 22.1. The first-order valence-electron chi connectivity index (χ1n) is 18.9. The van der Waals surface area contributed by atoms with Crippen LogP contribution in [0.4, 0.5) is 0 Å². The third kappa shape index (κ3) is 28.1. The fourth-order valence-electron chi connectivity index (χ4n) is 5.51. The third-order valence-corrected chi connectivity index (χ3v) is 8.43. The van der Waals surface area contributed by atoms with E-state index >= 15 is 0 Å². The first kappa shape index (κ1) is 43.8. The summed E-state index contributed by atoms with van der Waals surface area (Å²) in [6, 6.07) is -1.40. The van der Waals surface area contributed by atoms with Crippen LogP contribution in [-0.2, 0) is 19.2 Å². The molecule has 0 aromatic heterocycles. The van der Waals surface area contributed by atoms with Crippen LogP contribution in [0.3, 0.4) is 0 Å². The highest BCUT2D eigenvalue weighted by molar-refractivity contribution is 5.88. The lowest BCUT2D eigenvalue weighted by molar-refractivity contribution is -0.142. The molecule has 0 saturated carbocycles. The SMILES string of the molecule is CCCCCCCCCCCCCCCC(=O)N[C@@H](CCC(=O)N[C@@H](CCCCNC(C)C)C(=O)NCCCCC(C)C)C(=O)O. The van der Waals surface area contributed by atoms with Gasteiger partial charge in [0.25, 0.3) is 0 Å². The van der Waals surface area contributed by atoms with Gasteiger partial charge in [-0.3, -0.25) is 14.4 Å². The number of unbranched alkanes of at least 4 members (excludes halogenated alkanes) is 14. The van der Waals surface area contributed by atoms with Crippen LogP contribution in [0.25, 0.3) is 0 Å². The van der Waals surface area contributed by atoms with Gasteiger partial charge in [0.2, 0.25) is 17.7 Å². The van der Waals surface area contributed by atoms with Gasteiger partial charge in [-0.05, 0) is 51.0 Å². The number of aliphatic carboxylic acids is 1. The Morgan fingerprint density at radius 2 is 1.04 bits per heavy atom. The van der Waals surface area contributed by atoms with Crippen molar-refractivity contribution in [3.8, 4) is 0 Å². The normalized spacial score (nSPS) is 12.7. The first-order valence-corrected chi connectivity index (χ1v) is 18.9. The molecule has 0 rings (SSSR count). The molecule has 0 aliphatic rings. The van der Waals surface area contributed by atoms with Gasteiger partial charge in [0, 0.05) is 25.4 Å². The van der Waals surface area contributed by atoms with E-state index in [4.69, 9.17) is 0 Å². The van der Waals surface area contributed by atoms with Crippen molar-refractivity contribution in [2.24, 2.45) is 5.92 Å². The van der Waals surface area contributed by atoms with Crippen molar-refractivity contribution in [1.82, 2.24) is 21.3 Å². The van der Waals surface area contributed by atoms with Crippen LogP contribution < -0.4 is 21.3 Å². The third-order valence-electron chi connectivity index (χ3n) is 8.43. The number of amides is 3. The van der Waals surface area contributed by atoms with Gasteiger partial charge < -0.3 is 26.4 Å². The van der Waals surface area contributed by atoms with Gasteiger partial charge in [-0.1, -0.05) is 125 Å². The number of hydrogen-bond acceptors (Lipinski definition) is 5. The minimum absolute atomic E-state index is 0.0205. The van der Waals surface area contributed by atoms with Crippen molar-refractivity contribution in [2.75, 3.05) is 13.1 Å². The Morgan fingerprint density at radius 3 is 1.59 bits per heavy atom. The Labute approximate surface area is 282 Å². The van der Waals surface area contributed by atoms with E-state index in [1.54, 1.807) is 0 Å². The van der Waals surface area contributed by atoms with E-state index in [0.29, 0.717) is 31.3 Å². The van der Waals surface area contributed by atoms with E-state index in [2.05, 4.69) is 55.9 Å². The molecule has 9 heteroatoms. The molecular weight excluding hydrogens is 580 g/mol. The highest BCUT2D eigenvalue weighted by Gasteiger charge is 2.24. The van der Waals surface area contributed by atoms with Crippen LogP contribution in [0.1, 0.15) is 176 Å². The molecule has 0 heterocycles. The molecule has 0 radical (unpaired) electrons. The smallest absolute Gasteiger partial charge is 0.326 e. The van der Waals surface area contributed by atoms with Crippen molar-refractivity contribution in [3.05, 3.63) is 0 Å². The lowest BCUT2D eigenvalue weighted by Crippen LogP contribution is -2.47. The zero-order valence-corrected chi connectivity index (χ0v) is 30.4. The summed E-state index contributed by atoms with van der Waals surface area (Å²) in [6.07, 6.45) is 21.3. The predicted molar refractivity (Wildman–Crippen MR) is 190 cm³/mol. The van der Waals surface area contributed by atoms with E-state index in [1.807, 2.05) is 0 Å². The summed E-state index contributed by atoms with van der Waals surface area (Å²) in [7, 11) is 0. The van der Waals surface area contributed by atoms with E-state index < -0.39 is 18.1 Å². The molecule has 0 saturated heterocycles. The van der Waals surface area contributed by atoms with Crippen LogP contribution in [0.5, 0.6) is 0 Å². The molecule has 0 aliphatic carbocycles. The quantitative estimate of drug-likeness (QED) is 0.0480. The monoisotopic (exact) mass is 653 g/mol. The number of carboxylic acid groups (broad SMARTS) is 1. The van der Waals surface area contributed by atoms with Crippen molar-refractivity contribution in [2.45, 2.75) is 194 Å². The second kappa shape index (κ2) is 30.2. The number of carbonyl (C=O) groups excluding carboxylic acids is 3. The maximum atomic E-state index is 12.9. The Hall–Kier alpha value is -2.16. The fraction of sp³-hybridized carbons (Fsp3) is 0.892. The zero-order valence-electron chi connectivity index (χ0n) is 30.4. The van der Waals surface area contributed by atoms with Crippen molar-refractivity contribution < 1.29 is 24.3 Å². The predicted octanol–water partition coefficient (Wildman–Crippen LogP) is 7.41. The lowest BCUT2D eigenvalue weighted by atomic mass is 10.0. The summed E-state index contributed by atoms with van der Waals surface area (Å²) in [5.74, 6) is -1.39. The molecule has 9 nitrogen and oxygen atoms in total. The van der Waals surface area contributed by atoms with E-state index in [-0.39, 0.29) is 30.6 Å². The molecule has 0 fully saturated rings. The minimum Gasteiger partial charge on any atom is -0.480 e. The Kier molecular flexibility index (Phi) is 28.8. The summed E-state index contributed by atoms with van der Waals surface area (Å²) >= 11 is 0. The standard InChI is InChI=1S/C37H72N4O5/c1-6-7-8-9-10-11-12-13-14-15-16-17-18-25-34(42)41-33(37(45)46)26-27-35(43)40-32(24-20-22-28-38-31(4)5)36(44)39-29-21-19-23-30(2)3/h30-33,38H,6-29H2,1-5H3,(H,39,44)(H,40,43)(H,41,42)(H,45,46)/t32-,33-/m0/s1. The van der Waals surface area contributed by atoms with Crippen LogP contribution in [0, 0.1) is 5.92 Å². The molecule has 0 aliphatic heterocycles. The summed E-state index contributed by atoms with van der Waals surface area (Å²) in [6.45, 7) is 12.2. The second-order valence-electron chi connectivity index (χ2n) is 13.9. The molecule has 5 N–H and O–H groups in total.